The van der Waals surface area contributed by atoms with Crippen LogP contribution in [0, 0.1) is 6.92 Å². The van der Waals surface area contributed by atoms with Crippen molar-refractivity contribution in [1.82, 2.24) is 9.21 Å². The average Bonchev–Trinajstić information content (AvgIpc) is 2.94. The molecule has 1 unspecified atom stereocenters. The summed E-state index contributed by atoms with van der Waals surface area (Å²) >= 11 is 0. The van der Waals surface area contributed by atoms with Crippen LogP contribution in [-0.4, -0.2) is 36.7 Å². The lowest BCUT2D eigenvalue weighted by Crippen LogP contribution is -2.36. The fourth-order valence-electron chi connectivity index (χ4n) is 3.10. The van der Waals surface area contributed by atoms with Crippen LogP contribution in [0.15, 0.2) is 59.5 Å². The molecule has 3 rings (SSSR count). The summed E-state index contributed by atoms with van der Waals surface area (Å²) in [6.07, 6.45) is 0.771. The Hall–Kier alpha value is -2.34. The van der Waals surface area contributed by atoms with Crippen molar-refractivity contribution in [2.24, 2.45) is 0 Å². The van der Waals surface area contributed by atoms with Crippen LogP contribution in [0.1, 0.15) is 30.5 Å². The molecule has 2 amide bonds. The van der Waals surface area contributed by atoms with Crippen molar-refractivity contribution in [1.29, 1.82) is 0 Å². The monoisotopic (exact) mass is 358 g/mol. The summed E-state index contributed by atoms with van der Waals surface area (Å²) in [5.74, 6) is 0. The van der Waals surface area contributed by atoms with Crippen LogP contribution in [0.25, 0.3) is 0 Å². The molecule has 0 saturated carbocycles. The summed E-state index contributed by atoms with van der Waals surface area (Å²) in [4.78, 5) is 14.6. The van der Waals surface area contributed by atoms with Crippen molar-refractivity contribution >= 4 is 16.1 Å². The van der Waals surface area contributed by atoms with E-state index in [2.05, 4.69) is 0 Å². The van der Waals surface area contributed by atoms with Crippen LogP contribution < -0.4 is 0 Å². The Morgan fingerprint density at radius 3 is 2.28 bits per heavy atom. The zero-order valence-corrected chi connectivity index (χ0v) is 15.2. The van der Waals surface area contributed by atoms with Crippen LogP contribution in [0.3, 0.4) is 0 Å². The van der Waals surface area contributed by atoms with E-state index in [9.17, 15) is 13.2 Å². The van der Waals surface area contributed by atoms with Crippen molar-refractivity contribution in [2.75, 3.05) is 13.1 Å². The first kappa shape index (κ1) is 17.5. The maximum atomic E-state index is 13.0. The van der Waals surface area contributed by atoms with Gasteiger partial charge in [-0.1, -0.05) is 55.0 Å². The first-order chi connectivity index (χ1) is 11.9. The smallest absolute Gasteiger partial charge is 0.315 e. The largest absolute Gasteiger partial charge is 0.334 e. The lowest BCUT2D eigenvalue weighted by molar-refractivity contribution is 0.197. The van der Waals surface area contributed by atoms with Gasteiger partial charge in [0.1, 0.15) is 0 Å². The van der Waals surface area contributed by atoms with E-state index < -0.39 is 16.1 Å². The number of hydrogen-bond acceptors (Lipinski definition) is 3. The number of rotatable bonds is 5. The second-order valence-electron chi connectivity index (χ2n) is 6.25. The highest BCUT2D eigenvalue weighted by Gasteiger charge is 2.44. The second kappa shape index (κ2) is 6.88. The fraction of sp³-hybridized carbons (Fsp3) is 0.316. The van der Waals surface area contributed by atoms with Crippen molar-refractivity contribution in [2.45, 2.75) is 31.2 Å². The topological polar surface area (TPSA) is 57.7 Å². The van der Waals surface area contributed by atoms with Gasteiger partial charge in [-0.25, -0.2) is 17.5 Å². The molecular formula is C19H22N2O3S. The van der Waals surface area contributed by atoms with Crippen LogP contribution in [-0.2, 0) is 10.0 Å². The van der Waals surface area contributed by atoms with Gasteiger partial charge in [-0.2, -0.15) is 0 Å². The van der Waals surface area contributed by atoms with Gasteiger partial charge in [-0.15, -0.1) is 0 Å². The molecule has 2 aromatic carbocycles. The highest BCUT2D eigenvalue weighted by molar-refractivity contribution is 7.89. The Morgan fingerprint density at radius 1 is 1.04 bits per heavy atom. The van der Waals surface area contributed by atoms with Crippen molar-refractivity contribution < 1.29 is 13.2 Å². The van der Waals surface area contributed by atoms with Crippen molar-refractivity contribution in [3.63, 3.8) is 0 Å². The average molecular weight is 358 g/mol. The fourth-order valence-corrected chi connectivity index (χ4v) is 4.48. The molecule has 0 radical (unpaired) electrons. The van der Waals surface area contributed by atoms with E-state index >= 15 is 0 Å². The maximum absolute atomic E-state index is 13.0. The number of aryl methyl sites for hydroxylation is 1. The van der Waals surface area contributed by atoms with Crippen LogP contribution in [0.2, 0.25) is 0 Å². The van der Waals surface area contributed by atoms with E-state index in [0.29, 0.717) is 6.54 Å². The molecule has 1 aliphatic rings. The van der Waals surface area contributed by atoms with Gasteiger partial charge in [0.15, 0.2) is 0 Å². The number of carbonyl (C=O) groups excluding carboxylic acids is 1. The predicted molar refractivity (Wildman–Crippen MR) is 96.6 cm³/mol. The number of nitrogens with zero attached hydrogens (tertiary/aromatic N) is 2. The Morgan fingerprint density at radius 2 is 1.68 bits per heavy atom. The Kier molecular flexibility index (Phi) is 4.81. The standard InChI is InChI=1S/C19H22N2O3S/c1-3-13-20-18(16-7-5-4-6-8-16)14-21(19(20)22)25(23,24)17-11-9-15(2)10-12-17/h4-12,18H,3,13-14H2,1-2H3. The molecule has 0 aromatic heterocycles. The molecule has 1 heterocycles. The minimum atomic E-state index is -3.85. The molecule has 0 spiro atoms. The van der Waals surface area contributed by atoms with Crippen molar-refractivity contribution in [3.05, 3.63) is 65.7 Å². The van der Waals surface area contributed by atoms with Gasteiger partial charge in [0.25, 0.3) is 10.0 Å². The van der Waals surface area contributed by atoms with Gasteiger partial charge >= 0.3 is 6.03 Å². The van der Waals surface area contributed by atoms with Gasteiger partial charge in [-0.05, 0) is 31.0 Å². The molecule has 0 bridgehead atoms. The SMILES string of the molecule is CCCN1C(=O)N(S(=O)(=O)c2ccc(C)cc2)CC1c1ccccc1. The third-order valence-corrected chi connectivity index (χ3v) is 6.19. The third-order valence-electron chi connectivity index (χ3n) is 4.43. The zero-order valence-electron chi connectivity index (χ0n) is 14.4. The molecule has 0 aliphatic carbocycles. The first-order valence-electron chi connectivity index (χ1n) is 8.40. The Balaban J connectivity index is 1.97. The van der Waals surface area contributed by atoms with Gasteiger partial charge < -0.3 is 4.90 Å². The summed E-state index contributed by atoms with van der Waals surface area (Å²) in [6, 6.07) is 15.5. The van der Waals surface area contributed by atoms with Gasteiger partial charge in [0, 0.05) is 6.54 Å². The zero-order chi connectivity index (χ0) is 18.0. The van der Waals surface area contributed by atoms with Crippen LogP contribution >= 0.6 is 0 Å². The van der Waals surface area contributed by atoms with Crippen molar-refractivity contribution in [3.8, 4) is 0 Å². The normalized spacial score (nSPS) is 18.0. The van der Waals surface area contributed by atoms with E-state index in [4.69, 9.17) is 0 Å². The molecule has 132 valence electrons. The Bertz CT molecular complexity index is 848. The predicted octanol–water partition coefficient (Wildman–Crippen LogP) is 3.57. The summed E-state index contributed by atoms with van der Waals surface area (Å²) < 4.78 is 26.9. The molecule has 2 aromatic rings. The minimum absolute atomic E-state index is 0.138. The number of hydrogen-bond donors (Lipinski definition) is 0. The molecule has 1 atom stereocenters. The van der Waals surface area contributed by atoms with E-state index in [1.165, 1.54) is 0 Å². The molecular weight excluding hydrogens is 336 g/mol. The molecule has 1 aliphatic heterocycles. The summed E-state index contributed by atoms with van der Waals surface area (Å²) in [6.45, 7) is 4.54. The number of amides is 2. The maximum Gasteiger partial charge on any atom is 0.334 e. The molecule has 1 fully saturated rings. The highest BCUT2D eigenvalue weighted by atomic mass is 32.2. The number of urea groups is 1. The number of sulfonamides is 1. The van der Waals surface area contributed by atoms with Crippen LogP contribution in [0.4, 0.5) is 4.79 Å². The summed E-state index contributed by atoms with van der Waals surface area (Å²) in [5, 5.41) is 0. The van der Waals surface area contributed by atoms with E-state index in [1.54, 1.807) is 29.2 Å². The van der Waals surface area contributed by atoms with E-state index in [-0.39, 0.29) is 17.5 Å². The molecule has 0 N–H and O–H groups in total. The van der Waals surface area contributed by atoms with E-state index in [1.807, 2.05) is 44.2 Å². The van der Waals surface area contributed by atoms with Crippen LogP contribution in [0.5, 0.6) is 0 Å². The highest BCUT2D eigenvalue weighted by Crippen LogP contribution is 2.33. The van der Waals surface area contributed by atoms with Gasteiger partial charge in [0.05, 0.1) is 17.5 Å². The Labute approximate surface area is 148 Å². The number of carbonyl (C=O) groups is 1. The number of benzene rings is 2. The van der Waals surface area contributed by atoms with Gasteiger partial charge in [-0.3, -0.25) is 0 Å². The lowest BCUT2D eigenvalue weighted by atomic mass is 10.1. The second-order valence-corrected chi connectivity index (χ2v) is 8.11. The molecule has 25 heavy (non-hydrogen) atoms. The third kappa shape index (κ3) is 3.26. The molecule has 1 saturated heterocycles. The minimum Gasteiger partial charge on any atom is -0.315 e. The van der Waals surface area contributed by atoms with E-state index in [0.717, 1.165) is 21.9 Å². The molecule has 5 nitrogen and oxygen atoms in total. The first-order valence-corrected chi connectivity index (χ1v) is 9.84. The molecule has 6 heteroatoms. The lowest BCUT2D eigenvalue weighted by Gasteiger charge is -2.22. The summed E-state index contributed by atoms with van der Waals surface area (Å²) in [5.41, 5.74) is 1.92. The quantitative estimate of drug-likeness (QED) is 0.821. The summed E-state index contributed by atoms with van der Waals surface area (Å²) in [7, 11) is -3.85. The van der Waals surface area contributed by atoms with Gasteiger partial charge in [0.2, 0.25) is 0 Å².